The molecule has 0 saturated heterocycles. The summed E-state index contributed by atoms with van der Waals surface area (Å²) in [4.78, 5) is 11.7. The molecular weight excluding hydrogens is 236 g/mol. The van der Waals surface area contributed by atoms with Crippen LogP contribution in [0.2, 0.25) is 0 Å². The van der Waals surface area contributed by atoms with Crippen LogP contribution >= 0.6 is 0 Å². The van der Waals surface area contributed by atoms with Gasteiger partial charge in [0, 0.05) is 5.69 Å². The lowest BCUT2D eigenvalue weighted by Gasteiger charge is -2.12. The molecule has 0 unspecified atom stereocenters. The second-order valence-corrected chi connectivity index (χ2v) is 4.60. The Kier molecular flexibility index (Phi) is 4.31. The summed E-state index contributed by atoms with van der Waals surface area (Å²) in [6.45, 7) is 1.68. The van der Waals surface area contributed by atoms with Gasteiger partial charge in [-0.1, -0.05) is 48.5 Å². The van der Waals surface area contributed by atoms with Gasteiger partial charge in [-0.05, 0) is 30.5 Å². The monoisotopic (exact) mass is 254 g/mol. The van der Waals surface area contributed by atoms with Crippen molar-refractivity contribution in [2.45, 2.75) is 19.4 Å². The third-order valence-electron chi connectivity index (χ3n) is 2.93. The smallest absolute Gasteiger partial charge is 0.241 e. The molecule has 1 amide bonds. The molecule has 0 aliphatic carbocycles. The summed E-state index contributed by atoms with van der Waals surface area (Å²) in [5.41, 5.74) is 8.70. The maximum Gasteiger partial charge on any atom is 0.241 e. The molecule has 2 rings (SSSR count). The second-order valence-electron chi connectivity index (χ2n) is 4.60. The van der Waals surface area contributed by atoms with Gasteiger partial charge in [0.2, 0.25) is 5.91 Å². The Hall–Kier alpha value is -2.13. The zero-order valence-electron chi connectivity index (χ0n) is 11.0. The van der Waals surface area contributed by atoms with Crippen LogP contribution in [-0.4, -0.2) is 11.9 Å². The maximum atomic E-state index is 11.7. The van der Waals surface area contributed by atoms with E-state index in [2.05, 4.69) is 17.4 Å². The van der Waals surface area contributed by atoms with E-state index < -0.39 is 6.04 Å². The molecule has 19 heavy (non-hydrogen) atoms. The molecule has 0 heterocycles. The predicted octanol–water partition coefficient (Wildman–Crippen LogP) is 2.56. The van der Waals surface area contributed by atoms with Gasteiger partial charge in [0.15, 0.2) is 0 Å². The van der Waals surface area contributed by atoms with Crippen LogP contribution in [0.3, 0.4) is 0 Å². The zero-order chi connectivity index (χ0) is 13.7. The molecule has 0 spiro atoms. The van der Waals surface area contributed by atoms with E-state index in [1.54, 1.807) is 6.92 Å². The summed E-state index contributed by atoms with van der Waals surface area (Å²) in [7, 11) is 0. The van der Waals surface area contributed by atoms with Crippen LogP contribution in [0.5, 0.6) is 0 Å². The average Bonchev–Trinajstić information content (AvgIpc) is 2.42. The lowest BCUT2D eigenvalue weighted by Crippen LogP contribution is -2.32. The highest BCUT2D eigenvalue weighted by molar-refractivity contribution is 5.95. The number of para-hydroxylation sites is 1. The summed E-state index contributed by atoms with van der Waals surface area (Å²) < 4.78 is 0. The highest BCUT2D eigenvalue weighted by atomic mass is 16.2. The Labute approximate surface area is 113 Å². The number of nitrogens with two attached hydrogens (primary N) is 1. The van der Waals surface area contributed by atoms with Gasteiger partial charge in [0.05, 0.1) is 6.04 Å². The fourth-order valence-electron chi connectivity index (χ4n) is 1.86. The molecule has 1 atom stereocenters. The van der Waals surface area contributed by atoms with Gasteiger partial charge in [0.25, 0.3) is 0 Å². The Morgan fingerprint density at radius 1 is 1.11 bits per heavy atom. The summed E-state index contributed by atoms with van der Waals surface area (Å²) >= 11 is 0. The van der Waals surface area contributed by atoms with E-state index >= 15 is 0 Å². The Bertz CT molecular complexity index is 550. The Morgan fingerprint density at radius 3 is 2.42 bits per heavy atom. The van der Waals surface area contributed by atoms with E-state index in [1.165, 1.54) is 5.56 Å². The SMILES string of the molecule is C[C@H](N)C(=O)Nc1ccccc1Cc1ccccc1. The van der Waals surface area contributed by atoms with Gasteiger partial charge in [-0.2, -0.15) is 0 Å². The number of carbonyl (C=O) groups excluding carboxylic acids is 1. The summed E-state index contributed by atoms with van der Waals surface area (Å²) in [5.74, 6) is -0.166. The first kappa shape index (κ1) is 13.3. The quantitative estimate of drug-likeness (QED) is 0.881. The van der Waals surface area contributed by atoms with E-state index in [0.29, 0.717) is 0 Å². The van der Waals surface area contributed by atoms with Crippen LogP contribution in [-0.2, 0) is 11.2 Å². The topological polar surface area (TPSA) is 55.1 Å². The molecular formula is C16H18N2O. The minimum absolute atomic E-state index is 0.166. The van der Waals surface area contributed by atoms with E-state index in [0.717, 1.165) is 17.7 Å². The van der Waals surface area contributed by atoms with Crippen molar-refractivity contribution < 1.29 is 4.79 Å². The number of carbonyl (C=O) groups is 1. The largest absolute Gasteiger partial charge is 0.324 e. The average molecular weight is 254 g/mol. The minimum Gasteiger partial charge on any atom is -0.324 e. The van der Waals surface area contributed by atoms with Gasteiger partial charge in [-0.15, -0.1) is 0 Å². The van der Waals surface area contributed by atoms with Crippen molar-refractivity contribution in [1.29, 1.82) is 0 Å². The highest BCUT2D eigenvalue weighted by Crippen LogP contribution is 2.19. The van der Waals surface area contributed by atoms with Gasteiger partial charge >= 0.3 is 0 Å². The molecule has 3 N–H and O–H groups in total. The molecule has 0 bridgehead atoms. The summed E-state index contributed by atoms with van der Waals surface area (Å²) in [6, 6.07) is 17.5. The van der Waals surface area contributed by atoms with Crippen molar-refractivity contribution in [3.63, 3.8) is 0 Å². The fourth-order valence-corrected chi connectivity index (χ4v) is 1.86. The van der Waals surface area contributed by atoms with Crippen LogP contribution in [0.4, 0.5) is 5.69 Å². The third kappa shape index (κ3) is 3.66. The van der Waals surface area contributed by atoms with Gasteiger partial charge < -0.3 is 11.1 Å². The fraction of sp³-hybridized carbons (Fsp3) is 0.188. The second kappa shape index (κ2) is 6.16. The molecule has 0 aliphatic heterocycles. The molecule has 2 aromatic carbocycles. The molecule has 98 valence electrons. The van der Waals surface area contributed by atoms with Crippen LogP contribution in [0.1, 0.15) is 18.1 Å². The van der Waals surface area contributed by atoms with Crippen LogP contribution in [0.25, 0.3) is 0 Å². The predicted molar refractivity (Wildman–Crippen MR) is 78.0 cm³/mol. The summed E-state index contributed by atoms with van der Waals surface area (Å²) in [5, 5.41) is 2.87. The van der Waals surface area contributed by atoms with Crippen molar-refractivity contribution in [2.75, 3.05) is 5.32 Å². The van der Waals surface area contributed by atoms with E-state index in [9.17, 15) is 4.79 Å². The van der Waals surface area contributed by atoms with Gasteiger partial charge in [-0.3, -0.25) is 4.79 Å². The van der Waals surface area contributed by atoms with Crippen molar-refractivity contribution in [2.24, 2.45) is 5.73 Å². The van der Waals surface area contributed by atoms with Crippen LogP contribution < -0.4 is 11.1 Å². The lowest BCUT2D eigenvalue weighted by atomic mass is 10.0. The number of amides is 1. The normalized spacial score (nSPS) is 11.9. The van der Waals surface area contributed by atoms with Gasteiger partial charge in [0.1, 0.15) is 0 Å². The first-order chi connectivity index (χ1) is 9.16. The van der Waals surface area contributed by atoms with Crippen molar-refractivity contribution >= 4 is 11.6 Å². The molecule has 0 aliphatic rings. The molecule has 0 saturated carbocycles. The van der Waals surface area contributed by atoms with Crippen molar-refractivity contribution in [3.8, 4) is 0 Å². The number of hydrogen-bond donors (Lipinski definition) is 2. The molecule has 3 heteroatoms. The number of rotatable bonds is 4. The van der Waals surface area contributed by atoms with Crippen LogP contribution in [0.15, 0.2) is 54.6 Å². The lowest BCUT2D eigenvalue weighted by molar-refractivity contribution is -0.117. The van der Waals surface area contributed by atoms with E-state index in [-0.39, 0.29) is 5.91 Å². The van der Waals surface area contributed by atoms with E-state index in [1.807, 2.05) is 42.5 Å². The Balaban J connectivity index is 2.19. The van der Waals surface area contributed by atoms with Crippen LogP contribution in [0, 0.1) is 0 Å². The number of nitrogens with one attached hydrogen (secondary N) is 1. The minimum atomic E-state index is -0.509. The third-order valence-corrected chi connectivity index (χ3v) is 2.93. The van der Waals surface area contributed by atoms with Crippen molar-refractivity contribution in [3.05, 3.63) is 65.7 Å². The molecule has 2 aromatic rings. The zero-order valence-corrected chi connectivity index (χ0v) is 11.0. The standard InChI is InChI=1S/C16H18N2O/c1-12(17)16(19)18-15-10-6-5-9-14(15)11-13-7-3-2-4-8-13/h2-10,12H,11,17H2,1H3,(H,18,19)/t12-/m0/s1. The first-order valence-corrected chi connectivity index (χ1v) is 6.35. The highest BCUT2D eigenvalue weighted by Gasteiger charge is 2.10. The molecule has 0 radical (unpaired) electrons. The van der Waals surface area contributed by atoms with E-state index in [4.69, 9.17) is 5.73 Å². The summed E-state index contributed by atoms with van der Waals surface area (Å²) in [6.07, 6.45) is 0.788. The Morgan fingerprint density at radius 2 is 1.74 bits per heavy atom. The molecule has 0 aromatic heterocycles. The molecule has 3 nitrogen and oxygen atoms in total. The number of benzene rings is 2. The maximum absolute atomic E-state index is 11.7. The molecule has 0 fully saturated rings. The number of anilines is 1. The van der Waals surface area contributed by atoms with Crippen molar-refractivity contribution in [1.82, 2.24) is 0 Å². The van der Waals surface area contributed by atoms with Gasteiger partial charge in [-0.25, -0.2) is 0 Å². The number of hydrogen-bond acceptors (Lipinski definition) is 2. The first-order valence-electron chi connectivity index (χ1n) is 6.35.